The van der Waals surface area contributed by atoms with Crippen molar-refractivity contribution in [1.82, 2.24) is 10.6 Å². The van der Waals surface area contributed by atoms with E-state index in [-0.39, 0.29) is 0 Å². The van der Waals surface area contributed by atoms with Crippen LogP contribution in [-0.4, -0.2) is 25.8 Å². The summed E-state index contributed by atoms with van der Waals surface area (Å²) in [5.74, 6) is 0. The van der Waals surface area contributed by atoms with Gasteiger partial charge < -0.3 is 16.4 Å². The van der Waals surface area contributed by atoms with E-state index in [1.165, 1.54) is 25.7 Å². The lowest BCUT2D eigenvalue weighted by Gasteiger charge is -2.16. The first-order chi connectivity index (χ1) is 5.43. The van der Waals surface area contributed by atoms with Crippen LogP contribution >= 0.6 is 0 Å². The van der Waals surface area contributed by atoms with Crippen LogP contribution in [0.3, 0.4) is 0 Å². The zero-order valence-electron chi connectivity index (χ0n) is 7.10. The fourth-order valence-electron chi connectivity index (χ4n) is 1.46. The van der Waals surface area contributed by atoms with E-state index in [1.54, 1.807) is 0 Å². The highest BCUT2D eigenvalue weighted by molar-refractivity contribution is 4.68. The lowest BCUT2D eigenvalue weighted by atomic mass is 10.2. The van der Waals surface area contributed by atoms with Crippen LogP contribution in [0.4, 0.5) is 0 Å². The Morgan fingerprint density at radius 1 is 1.36 bits per heavy atom. The molecule has 4 N–H and O–H groups in total. The second-order valence-corrected chi connectivity index (χ2v) is 3.10. The van der Waals surface area contributed by atoms with Gasteiger partial charge in [0.05, 0.1) is 6.17 Å². The second kappa shape index (κ2) is 5.52. The fourth-order valence-corrected chi connectivity index (χ4v) is 1.46. The minimum atomic E-state index is 0.515. The highest BCUT2D eigenvalue weighted by atomic mass is 15.1. The minimum Gasteiger partial charge on any atom is -0.329 e. The molecule has 0 aliphatic carbocycles. The summed E-state index contributed by atoms with van der Waals surface area (Å²) in [5.41, 5.74) is 5.39. The lowest BCUT2D eigenvalue weighted by Crippen LogP contribution is -2.43. The first-order valence-corrected chi connectivity index (χ1v) is 4.60. The molecule has 1 heterocycles. The highest BCUT2D eigenvalue weighted by Crippen LogP contribution is 2.05. The molecule has 1 aliphatic rings. The SMILES string of the molecule is NCCNC1CCCCCN1. The summed E-state index contributed by atoms with van der Waals surface area (Å²) >= 11 is 0. The molecule has 3 heteroatoms. The van der Waals surface area contributed by atoms with E-state index in [0.717, 1.165) is 19.6 Å². The quantitative estimate of drug-likeness (QED) is 0.541. The normalized spacial score (nSPS) is 26.5. The van der Waals surface area contributed by atoms with Gasteiger partial charge in [-0.2, -0.15) is 0 Å². The van der Waals surface area contributed by atoms with Crippen LogP contribution in [0, 0.1) is 0 Å². The van der Waals surface area contributed by atoms with Crippen LogP contribution in [0.1, 0.15) is 25.7 Å². The van der Waals surface area contributed by atoms with Crippen LogP contribution in [0.25, 0.3) is 0 Å². The van der Waals surface area contributed by atoms with Gasteiger partial charge in [-0.15, -0.1) is 0 Å². The standard InChI is InChI=1S/C8H19N3/c9-5-7-11-8-4-2-1-3-6-10-8/h8,10-11H,1-7,9H2. The van der Waals surface area contributed by atoms with Crippen LogP contribution in [-0.2, 0) is 0 Å². The van der Waals surface area contributed by atoms with E-state index in [9.17, 15) is 0 Å². The Labute approximate surface area is 68.7 Å². The third-order valence-electron chi connectivity index (χ3n) is 2.10. The van der Waals surface area contributed by atoms with Crippen molar-refractivity contribution in [1.29, 1.82) is 0 Å². The maximum atomic E-state index is 5.39. The Hall–Kier alpha value is -0.120. The number of hydrogen-bond donors (Lipinski definition) is 3. The van der Waals surface area contributed by atoms with Crippen molar-refractivity contribution in [3.63, 3.8) is 0 Å². The summed E-state index contributed by atoms with van der Waals surface area (Å²) in [6.45, 7) is 2.82. The third-order valence-corrected chi connectivity index (χ3v) is 2.10. The molecular weight excluding hydrogens is 138 g/mol. The number of nitrogens with two attached hydrogens (primary N) is 1. The smallest absolute Gasteiger partial charge is 0.0572 e. The second-order valence-electron chi connectivity index (χ2n) is 3.10. The molecule has 0 spiro atoms. The van der Waals surface area contributed by atoms with Crippen LogP contribution in [0.2, 0.25) is 0 Å². The predicted octanol–water partition coefficient (Wildman–Crippen LogP) is 0.0244. The van der Waals surface area contributed by atoms with Crippen molar-refractivity contribution >= 4 is 0 Å². The molecule has 0 saturated carbocycles. The van der Waals surface area contributed by atoms with Crippen molar-refractivity contribution in [3.8, 4) is 0 Å². The molecule has 0 bridgehead atoms. The van der Waals surface area contributed by atoms with Gasteiger partial charge in [-0.05, 0) is 19.4 Å². The molecule has 1 aliphatic heterocycles. The van der Waals surface area contributed by atoms with E-state index >= 15 is 0 Å². The predicted molar refractivity (Wildman–Crippen MR) is 47.3 cm³/mol. The number of rotatable bonds is 3. The van der Waals surface area contributed by atoms with Gasteiger partial charge in [-0.1, -0.05) is 12.8 Å². The summed E-state index contributed by atoms with van der Waals surface area (Å²) < 4.78 is 0. The summed E-state index contributed by atoms with van der Waals surface area (Å²) in [4.78, 5) is 0. The molecule has 66 valence electrons. The summed E-state index contributed by atoms with van der Waals surface area (Å²) in [5, 5.41) is 6.82. The molecule has 11 heavy (non-hydrogen) atoms. The largest absolute Gasteiger partial charge is 0.329 e. The minimum absolute atomic E-state index is 0.515. The molecule has 0 amide bonds. The number of nitrogens with one attached hydrogen (secondary N) is 2. The fraction of sp³-hybridized carbons (Fsp3) is 1.00. The van der Waals surface area contributed by atoms with Gasteiger partial charge in [0.2, 0.25) is 0 Å². The van der Waals surface area contributed by atoms with Crippen LogP contribution in [0.5, 0.6) is 0 Å². The summed E-state index contributed by atoms with van der Waals surface area (Å²) in [6.07, 6.45) is 5.80. The maximum absolute atomic E-state index is 5.39. The zero-order valence-corrected chi connectivity index (χ0v) is 7.10. The lowest BCUT2D eigenvalue weighted by molar-refractivity contribution is 0.425. The van der Waals surface area contributed by atoms with Gasteiger partial charge in [0.15, 0.2) is 0 Å². The summed E-state index contributed by atoms with van der Waals surface area (Å²) in [6, 6.07) is 0. The molecule has 1 unspecified atom stereocenters. The number of hydrogen-bond acceptors (Lipinski definition) is 3. The highest BCUT2D eigenvalue weighted by Gasteiger charge is 2.08. The van der Waals surface area contributed by atoms with Gasteiger partial charge in [0.25, 0.3) is 0 Å². The van der Waals surface area contributed by atoms with Crippen molar-refractivity contribution in [3.05, 3.63) is 0 Å². The van der Waals surface area contributed by atoms with Crippen LogP contribution in [0.15, 0.2) is 0 Å². The van der Waals surface area contributed by atoms with E-state index in [4.69, 9.17) is 5.73 Å². The Kier molecular flexibility index (Phi) is 4.50. The van der Waals surface area contributed by atoms with E-state index in [2.05, 4.69) is 10.6 Å². The van der Waals surface area contributed by atoms with Gasteiger partial charge in [-0.3, -0.25) is 0 Å². The Bertz CT molecular complexity index is 87.3. The monoisotopic (exact) mass is 157 g/mol. The van der Waals surface area contributed by atoms with Crippen molar-refractivity contribution < 1.29 is 0 Å². The molecule has 0 aromatic rings. The Morgan fingerprint density at radius 2 is 2.27 bits per heavy atom. The van der Waals surface area contributed by atoms with Crippen molar-refractivity contribution in [2.45, 2.75) is 31.8 Å². The maximum Gasteiger partial charge on any atom is 0.0572 e. The van der Waals surface area contributed by atoms with E-state index < -0.39 is 0 Å². The zero-order chi connectivity index (χ0) is 7.94. The van der Waals surface area contributed by atoms with Crippen molar-refractivity contribution in [2.75, 3.05) is 19.6 Å². The molecule has 1 saturated heterocycles. The van der Waals surface area contributed by atoms with Gasteiger partial charge >= 0.3 is 0 Å². The first-order valence-electron chi connectivity index (χ1n) is 4.60. The van der Waals surface area contributed by atoms with Crippen molar-refractivity contribution in [2.24, 2.45) is 5.73 Å². The summed E-state index contributed by atoms with van der Waals surface area (Å²) in [7, 11) is 0. The molecule has 1 fully saturated rings. The first kappa shape index (κ1) is 8.97. The molecule has 0 radical (unpaired) electrons. The average Bonchev–Trinajstić information content (AvgIpc) is 2.28. The van der Waals surface area contributed by atoms with Gasteiger partial charge in [0, 0.05) is 13.1 Å². The van der Waals surface area contributed by atoms with E-state index in [0.29, 0.717) is 6.17 Å². The topological polar surface area (TPSA) is 50.1 Å². The van der Waals surface area contributed by atoms with Gasteiger partial charge in [0.1, 0.15) is 0 Å². The molecule has 1 atom stereocenters. The Morgan fingerprint density at radius 3 is 3.09 bits per heavy atom. The Balaban J connectivity index is 2.09. The average molecular weight is 157 g/mol. The molecular formula is C8H19N3. The molecule has 1 rings (SSSR count). The molecule has 0 aromatic carbocycles. The third kappa shape index (κ3) is 3.70. The molecule has 3 nitrogen and oxygen atoms in total. The van der Waals surface area contributed by atoms with Gasteiger partial charge in [-0.25, -0.2) is 0 Å². The molecule has 0 aromatic heterocycles. The van der Waals surface area contributed by atoms with Crippen LogP contribution < -0.4 is 16.4 Å². The van der Waals surface area contributed by atoms with E-state index in [1.807, 2.05) is 0 Å².